The molecule has 0 aliphatic carbocycles. The van der Waals surface area contributed by atoms with Crippen LogP contribution in [0.4, 0.5) is 4.79 Å². The highest BCUT2D eigenvalue weighted by atomic mass is 16.6. The van der Waals surface area contributed by atoms with Crippen LogP contribution in [0.25, 0.3) is 16.3 Å². The number of amides is 1. The van der Waals surface area contributed by atoms with Gasteiger partial charge in [0.15, 0.2) is 0 Å². The summed E-state index contributed by atoms with van der Waals surface area (Å²) in [6, 6.07) is 8.11. The summed E-state index contributed by atoms with van der Waals surface area (Å²) in [5.41, 5.74) is 1.16. The topological polar surface area (TPSA) is 42.7 Å². The Morgan fingerprint density at radius 1 is 1.40 bits per heavy atom. The maximum absolute atomic E-state index is 11.7. The van der Waals surface area contributed by atoms with Crippen LogP contribution in [0, 0.1) is 0 Å². The summed E-state index contributed by atoms with van der Waals surface area (Å²) >= 11 is 0. The first-order valence-electron chi connectivity index (χ1n) is 6.87. The maximum Gasteiger partial charge on any atom is 0.410 e. The Morgan fingerprint density at radius 2 is 2.25 bits per heavy atom. The maximum atomic E-state index is 11.7. The molecule has 0 unspecified atom stereocenters. The predicted octanol–water partition coefficient (Wildman–Crippen LogP) is 3.68. The van der Waals surface area contributed by atoms with Crippen molar-refractivity contribution >= 4 is 22.4 Å². The second-order valence-corrected chi connectivity index (χ2v) is 4.78. The summed E-state index contributed by atoms with van der Waals surface area (Å²) in [7, 11) is 0. The monoisotopic (exact) mass is 271 g/mol. The van der Waals surface area contributed by atoms with Crippen molar-refractivity contribution in [2.24, 2.45) is 0 Å². The Kier molecular flexibility index (Phi) is 3.46. The van der Waals surface area contributed by atoms with E-state index in [9.17, 15) is 4.79 Å². The van der Waals surface area contributed by atoms with E-state index in [0.717, 1.165) is 28.5 Å². The van der Waals surface area contributed by atoms with Crippen molar-refractivity contribution in [3.05, 3.63) is 42.4 Å². The molecule has 104 valence electrons. The Balaban J connectivity index is 1.81. The minimum atomic E-state index is -0.243. The molecular weight excluding hydrogens is 254 g/mol. The van der Waals surface area contributed by atoms with Crippen LogP contribution < -0.4 is 0 Å². The van der Waals surface area contributed by atoms with Gasteiger partial charge in [0.25, 0.3) is 0 Å². The van der Waals surface area contributed by atoms with Gasteiger partial charge < -0.3 is 14.1 Å². The molecule has 20 heavy (non-hydrogen) atoms. The van der Waals surface area contributed by atoms with Crippen molar-refractivity contribution in [3.8, 4) is 0 Å². The summed E-state index contributed by atoms with van der Waals surface area (Å²) < 4.78 is 10.7. The molecule has 1 aromatic carbocycles. The SMILES string of the molecule is CCOC(=O)N1CC=C(c2occ3ccccc23)CC1. The highest BCUT2D eigenvalue weighted by Crippen LogP contribution is 2.30. The molecule has 0 radical (unpaired) electrons. The number of benzene rings is 1. The number of furan rings is 1. The number of hydrogen-bond donors (Lipinski definition) is 0. The molecule has 1 aliphatic rings. The fourth-order valence-electron chi connectivity index (χ4n) is 2.50. The van der Waals surface area contributed by atoms with E-state index < -0.39 is 0 Å². The second-order valence-electron chi connectivity index (χ2n) is 4.78. The highest BCUT2D eigenvalue weighted by Gasteiger charge is 2.20. The van der Waals surface area contributed by atoms with Gasteiger partial charge in [0, 0.05) is 23.9 Å². The van der Waals surface area contributed by atoms with E-state index in [0.29, 0.717) is 19.7 Å². The molecule has 0 saturated heterocycles. The molecule has 0 fully saturated rings. The van der Waals surface area contributed by atoms with Gasteiger partial charge in [-0.2, -0.15) is 0 Å². The molecule has 1 aliphatic heterocycles. The van der Waals surface area contributed by atoms with E-state index in [1.54, 1.807) is 11.2 Å². The lowest BCUT2D eigenvalue weighted by Gasteiger charge is -2.25. The van der Waals surface area contributed by atoms with Crippen LogP contribution in [0.2, 0.25) is 0 Å². The van der Waals surface area contributed by atoms with Crippen molar-refractivity contribution in [1.29, 1.82) is 0 Å². The minimum Gasteiger partial charge on any atom is -0.463 e. The van der Waals surface area contributed by atoms with E-state index in [2.05, 4.69) is 6.07 Å². The van der Waals surface area contributed by atoms with Gasteiger partial charge in [-0.3, -0.25) is 0 Å². The van der Waals surface area contributed by atoms with Crippen molar-refractivity contribution in [1.82, 2.24) is 4.90 Å². The van der Waals surface area contributed by atoms with Gasteiger partial charge in [0.1, 0.15) is 5.76 Å². The van der Waals surface area contributed by atoms with Gasteiger partial charge in [-0.05, 0) is 18.9 Å². The molecule has 4 nitrogen and oxygen atoms in total. The van der Waals surface area contributed by atoms with Crippen LogP contribution in [0.3, 0.4) is 0 Å². The number of ether oxygens (including phenoxy) is 1. The van der Waals surface area contributed by atoms with Crippen LogP contribution in [0.1, 0.15) is 19.1 Å². The number of carbonyl (C=O) groups is 1. The number of fused-ring (bicyclic) bond motifs is 1. The van der Waals surface area contributed by atoms with Crippen LogP contribution in [0.5, 0.6) is 0 Å². The third-order valence-electron chi connectivity index (χ3n) is 3.54. The largest absolute Gasteiger partial charge is 0.463 e. The summed E-state index contributed by atoms with van der Waals surface area (Å²) in [6.07, 6.45) is 4.37. The van der Waals surface area contributed by atoms with Gasteiger partial charge >= 0.3 is 6.09 Å². The standard InChI is InChI=1S/C16H17NO3/c1-2-19-16(18)17-9-7-12(8-10-17)15-14-6-4-3-5-13(14)11-20-15/h3-7,11H,2,8-10H2,1H3. The molecule has 0 N–H and O–H groups in total. The van der Waals surface area contributed by atoms with E-state index >= 15 is 0 Å². The van der Waals surface area contributed by atoms with E-state index in [1.807, 2.05) is 31.2 Å². The number of nitrogens with zero attached hydrogens (tertiary/aromatic N) is 1. The van der Waals surface area contributed by atoms with Crippen LogP contribution in [-0.2, 0) is 4.74 Å². The molecule has 0 bridgehead atoms. The molecule has 0 atom stereocenters. The lowest BCUT2D eigenvalue weighted by molar-refractivity contribution is 0.111. The zero-order chi connectivity index (χ0) is 13.9. The average Bonchev–Trinajstić information content (AvgIpc) is 2.92. The highest BCUT2D eigenvalue weighted by molar-refractivity contribution is 5.92. The first kappa shape index (κ1) is 12.8. The normalized spacial score (nSPS) is 15.2. The Labute approximate surface area is 117 Å². The molecule has 4 heteroatoms. The number of rotatable bonds is 2. The summed E-state index contributed by atoms with van der Waals surface area (Å²) in [5, 5.41) is 2.24. The lowest BCUT2D eigenvalue weighted by Crippen LogP contribution is -2.35. The molecule has 0 spiro atoms. The van der Waals surface area contributed by atoms with Crippen molar-refractivity contribution in [2.45, 2.75) is 13.3 Å². The first-order chi connectivity index (χ1) is 9.79. The zero-order valence-corrected chi connectivity index (χ0v) is 11.5. The van der Waals surface area contributed by atoms with Crippen LogP contribution >= 0.6 is 0 Å². The van der Waals surface area contributed by atoms with E-state index in [-0.39, 0.29) is 6.09 Å². The Bertz CT molecular complexity index is 657. The fraction of sp³-hybridized carbons (Fsp3) is 0.312. The number of carbonyl (C=O) groups excluding carboxylic acids is 1. The van der Waals surface area contributed by atoms with Crippen molar-refractivity contribution in [2.75, 3.05) is 19.7 Å². The van der Waals surface area contributed by atoms with E-state index in [1.165, 1.54) is 0 Å². The molecule has 2 aromatic rings. The minimum absolute atomic E-state index is 0.243. The molecule has 0 saturated carbocycles. The summed E-state index contributed by atoms with van der Waals surface area (Å²) in [5.74, 6) is 0.920. The van der Waals surface area contributed by atoms with Gasteiger partial charge in [0.05, 0.1) is 12.9 Å². The van der Waals surface area contributed by atoms with Crippen LogP contribution in [0.15, 0.2) is 41.0 Å². The first-order valence-corrected chi connectivity index (χ1v) is 6.87. The van der Waals surface area contributed by atoms with Crippen molar-refractivity contribution < 1.29 is 13.9 Å². The molecule has 1 aromatic heterocycles. The lowest BCUT2D eigenvalue weighted by atomic mass is 10.0. The van der Waals surface area contributed by atoms with Gasteiger partial charge in [-0.25, -0.2) is 4.79 Å². The van der Waals surface area contributed by atoms with Crippen LogP contribution in [-0.4, -0.2) is 30.7 Å². The van der Waals surface area contributed by atoms with Gasteiger partial charge in [-0.1, -0.05) is 30.3 Å². The molecule has 1 amide bonds. The third-order valence-corrected chi connectivity index (χ3v) is 3.54. The quantitative estimate of drug-likeness (QED) is 0.836. The predicted molar refractivity (Wildman–Crippen MR) is 77.4 cm³/mol. The third kappa shape index (κ3) is 2.29. The molecule has 3 rings (SSSR count). The smallest absolute Gasteiger partial charge is 0.410 e. The Morgan fingerprint density at radius 3 is 3.00 bits per heavy atom. The van der Waals surface area contributed by atoms with E-state index in [4.69, 9.17) is 9.15 Å². The summed E-state index contributed by atoms with van der Waals surface area (Å²) in [6.45, 7) is 3.47. The average molecular weight is 271 g/mol. The second kappa shape index (κ2) is 5.41. The fourth-order valence-corrected chi connectivity index (χ4v) is 2.50. The Hall–Kier alpha value is -2.23. The summed E-state index contributed by atoms with van der Waals surface area (Å²) in [4.78, 5) is 13.4. The van der Waals surface area contributed by atoms with Gasteiger partial charge in [0.2, 0.25) is 0 Å². The molecular formula is C16H17NO3. The zero-order valence-electron chi connectivity index (χ0n) is 11.5. The van der Waals surface area contributed by atoms with Crippen molar-refractivity contribution in [3.63, 3.8) is 0 Å². The van der Waals surface area contributed by atoms with Gasteiger partial charge in [-0.15, -0.1) is 0 Å². The molecule has 2 heterocycles. The number of hydrogen-bond acceptors (Lipinski definition) is 3.